The van der Waals surface area contributed by atoms with Gasteiger partial charge >= 0.3 is 0 Å². The number of nitrogens with zero attached hydrogens (tertiary/aromatic N) is 2. The van der Waals surface area contributed by atoms with Crippen LogP contribution in [0.5, 0.6) is 5.75 Å². The zero-order valence-electron chi connectivity index (χ0n) is 19.3. The molecule has 1 aromatic heterocycles. The smallest absolute Gasteiger partial charge is 0.262 e. The summed E-state index contributed by atoms with van der Waals surface area (Å²) in [6.07, 6.45) is 1.03. The third-order valence-electron chi connectivity index (χ3n) is 6.64. The average molecular weight is 473 g/mol. The van der Waals surface area contributed by atoms with Crippen LogP contribution in [0.1, 0.15) is 34.1 Å². The molecule has 0 bridgehead atoms. The van der Waals surface area contributed by atoms with E-state index in [9.17, 15) is 9.59 Å². The summed E-state index contributed by atoms with van der Waals surface area (Å²) in [5, 5.41) is 1.41. The predicted octanol–water partition coefficient (Wildman–Crippen LogP) is 5.82. The minimum Gasteiger partial charge on any atom is -0.497 e. The Morgan fingerprint density at radius 3 is 2.53 bits per heavy atom. The van der Waals surface area contributed by atoms with Crippen molar-refractivity contribution in [2.45, 2.75) is 32.7 Å². The molecule has 0 N–H and O–H groups in total. The van der Waals surface area contributed by atoms with E-state index in [1.807, 2.05) is 48.2 Å². The molecule has 1 aliphatic rings. The largest absolute Gasteiger partial charge is 0.497 e. The molecule has 0 aliphatic carbocycles. The van der Waals surface area contributed by atoms with E-state index in [-0.39, 0.29) is 24.3 Å². The fourth-order valence-corrected chi connectivity index (χ4v) is 5.10. The van der Waals surface area contributed by atoms with Gasteiger partial charge in [0.25, 0.3) is 5.91 Å². The quantitative estimate of drug-likeness (QED) is 0.376. The molecule has 2 heterocycles. The molecule has 0 radical (unpaired) electrons. The molecule has 0 saturated heterocycles. The lowest BCUT2D eigenvalue weighted by Gasteiger charge is -2.23. The summed E-state index contributed by atoms with van der Waals surface area (Å²) in [4.78, 5) is 29.0. The van der Waals surface area contributed by atoms with Gasteiger partial charge in [-0.25, -0.2) is 0 Å². The summed E-state index contributed by atoms with van der Waals surface area (Å²) in [5.74, 6) is 0.529. The van der Waals surface area contributed by atoms with Crippen LogP contribution in [0.4, 0.5) is 5.69 Å². The molecule has 3 aromatic carbocycles. The number of rotatable bonds is 4. The number of hydrogen-bond donors (Lipinski definition) is 0. The van der Waals surface area contributed by atoms with Crippen molar-refractivity contribution < 1.29 is 14.3 Å². The standard InChI is InChI=1S/C28H25ClN2O3/c1-17-14-20-6-4-5-7-25(20)30(17)27(32)16-23-18(2)31(26-13-12-22(34-3)15-24(23)26)28(33)19-8-10-21(29)11-9-19/h4-13,15,17H,14,16H2,1-3H3/t17-/m1/s1. The predicted molar refractivity (Wildman–Crippen MR) is 135 cm³/mol. The molecule has 0 spiro atoms. The third kappa shape index (κ3) is 3.66. The fraction of sp³-hybridized carbons (Fsp3) is 0.214. The van der Waals surface area contributed by atoms with Crippen LogP contribution in [0.2, 0.25) is 5.02 Å². The molecule has 5 rings (SSSR count). The molecular formula is C28H25ClN2O3. The normalized spacial score (nSPS) is 14.9. The monoisotopic (exact) mass is 472 g/mol. The van der Waals surface area contributed by atoms with E-state index in [1.54, 1.807) is 35.9 Å². The van der Waals surface area contributed by atoms with Crippen LogP contribution in [0.25, 0.3) is 10.9 Å². The summed E-state index contributed by atoms with van der Waals surface area (Å²) in [7, 11) is 1.61. The van der Waals surface area contributed by atoms with Gasteiger partial charge in [0, 0.05) is 33.4 Å². The summed E-state index contributed by atoms with van der Waals surface area (Å²) in [6.45, 7) is 3.96. The van der Waals surface area contributed by atoms with Gasteiger partial charge in [-0.15, -0.1) is 0 Å². The molecule has 1 aliphatic heterocycles. The lowest BCUT2D eigenvalue weighted by atomic mass is 10.1. The molecule has 0 fully saturated rings. The maximum atomic E-state index is 13.6. The van der Waals surface area contributed by atoms with E-state index in [0.717, 1.165) is 34.3 Å². The van der Waals surface area contributed by atoms with Crippen LogP contribution in [0.3, 0.4) is 0 Å². The zero-order valence-corrected chi connectivity index (χ0v) is 20.1. The number of carbonyl (C=O) groups excluding carboxylic acids is 2. The number of halogens is 1. The van der Waals surface area contributed by atoms with Crippen molar-refractivity contribution in [1.29, 1.82) is 0 Å². The molecule has 34 heavy (non-hydrogen) atoms. The van der Waals surface area contributed by atoms with Gasteiger partial charge in [-0.2, -0.15) is 0 Å². The Labute approximate surface area is 203 Å². The second kappa shape index (κ2) is 8.65. The number of aromatic nitrogens is 1. The Kier molecular flexibility index (Phi) is 5.66. The first-order valence-corrected chi connectivity index (χ1v) is 11.6. The van der Waals surface area contributed by atoms with Gasteiger partial charge in [-0.3, -0.25) is 14.2 Å². The zero-order chi connectivity index (χ0) is 24.0. The highest BCUT2D eigenvalue weighted by molar-refractivity contribution is 6.30. The molecule has 1 amide bonds. The summed E-state index contributed by atoms with van der Waals surface area (Å²) in [6, 6.07) is 20.6. The number of fused-ring (bicyclic) bond motifs is 2. The molecule has 1 atom stereocenters. The number of para-hydroxylation sites is 1. The van der Waals surface area contributed by atoms with E-state index in [1.165, 1.54) is 5.56 Å². The number of ether oxygens (including phenoxy) is 1. The van der Waals surface area contributed by atoms with E-state index in [2.05, 4.69) is 13.0 Å². The van der Waals surface area contributed by atoms with Gasteiger partial charge in [-0.05, 0) is 79.9 Å². The maximum Gasteiger partial charge on any atom is 0.262 e. The van der Waals surface area contributed by atoms with Gasteiger partial charge in [-0.1, -0.05) is 29.8 Å². The van der Waals surface area contributed by atoms with E-state index in [4.69, 9.17) is 16.3 Å². The SMILES string of the molecule is COc1ccc2c(c1)c(CC(=O)N1c3ccccc3C[C@H]1C)c(C)n2C(=O)c1ccc(Cl)cc1. The van der Waals surface area contributed by atoms with E-state index in [0.29, 0.717) is 16.3 Å². The first-order valence-electron chi connectivity index (χ1n) is 11.3. The average Bonchev–Trinajstić information content (AvgIpc) is 3.31. The second-order valence-electron chi connectivity index (χ2n) is 8.72. The molecule has 5 nitrogen and oxygen atoms in total. The number of benzene rings is 3. The van der Waals surface area contributed by atoms with Gasteiger partial charge < -0.3 is 9.64 Å². The second-order valence-corrected chi connectivity index (χ2v) is 9.15. The number of carbonyl (C=O) groups is 2. The van der Waals surface area contributed by atoms with Gasteiger partial charge in [0.15, 0.2) is 0 Å². The van der Waals surface area contributed by atoms with Crippen molar-refractivity contribution in [3.63, 3.8) is 0 Å². The minimum atomic E-state index is -0.164. The lowest BCUT2D eigenvalue weighted by molar-refractivity contribution is -0.118. The van der Waals surface area contributed by atoms with E-state index < -0.39 is 0 Å². The minimum absolute atomic E-state index is 0.0151. The van der Waals surface area contributed by atoms with E-state index >= 15 is 0 Å². The Balaban J connectivity index is 1.60. The highest BCUT2D eigenvalue weighted by Crippen LogP contribution is 2.35. The van der Waals surface area contributed by atoms with Crippen molar-refractivity contribution >= 4 is 40.0 Å². The highest BCUT2D eigenvalue weighted by Gasteiger charge is 2.32. The van der Waals surface area contributed by atoms with Crippen molar-refractivity contribution in [2.24, 2.45) is 0 Å². The summed E-state index contributed by atoms with van der Waals surface area (Å²) in [5.41, 5.74) is 5.00. The van der Waals surface area contributed by atoms with Crippen LogP contribution in [0.15, 0.2) is 66.7 Å². The van der Waals surface area contributed by atoms with Gasteiger partial charge in [0.1, 0.15) is 5.75 Å². The number of hydrogen-bond acceptors (Lipinski definition) is 3. The molecule has 172 valence electrons. The van der Waals surface area contributed by atoms with Gasteiger partial charge in [0.2, 0.25) is 5.91 Å². The summed E-state index contributed by atoms with van der Waals surface area (Å²) < 4.78 is 7.13. The lowest BCUT2D eigenvalue weighted by Crippen LogP contribution is -2.36. The molecule has 6 heteroatoms. The van der Waals surface area contributed by atoms with Crippen molar-refractivity contribution in [1.82, 2.24) is 4.57 Å². The number of amides is 1. The highest BCUT2D eigenvalue weighted by atomic mass is 35.5. The Morgan fingerprint density at radius 1 is 1.06 bits per heavy atom. The Bertz CT molecular complexity index is 1420. The topological polar surface area (TPSA) is 51.5 Å². The Morgan fingerprint density at radius 2 is 1.79 bits per heavy atom. The van der Waals surface area contributed by atoms with Crippen LogP contribution < -0.4 is 9.64 Å². The number of methoxy groups -OCH3 is 1. The van der Waals surface area contributed by atoms with Crippen LogP contribution in [-0.4, -0.2) is 29.5 Å². The van der Waals surface area contributed by atoms with Gasteiger partial charge in [0.05, 0.1) is 19.0 Å². The van der Waals surface area contributed by atoms with Crippen molar-refractivity contribution in [3.8, 4) is 5.75 Å². The van der Waals surface area contributed by atoms with Crippen LogP contribution in [-0.2, 0) is 17.6 Å². The first kappa shape index (κ1) is 22.2. The van der Waals surface area contributed by atoms with Crippen LogP contribution in [0, 0.1) is 6.92 Å². The van der Waals surface area contributed by atoms with Crippen molar-refractivity contribution in [2.75, 3.05) is 12.0 Å². The number of anilines is 1. The molecule has 0 saturated carbocycles. The molecule has 0 unspecified atom stereocenters. The Hall–Kier alpha value is -3.57. The van der Waals surface area contributed by atoms with Crippen LogP contribution >= 0.6 is 11.6 Å². The van der Waals surface area contributed by atoms with Crippen molar-refractivity contribution in [3.05, 3.63) is 94.1 Å². The maximum absolute atomic E-state index is 13.6. The first-order chi connectivity index (χ1) is 16.4. The third-order valence-corrected chi connectivity index (χ3v) is 6.89. The summed E-state index contributed by atoms with van der Waals surface area (Å²) >= 11 is 6.02. The molecule has 4 aromatic rings. The molecular weight excluding hydrogens is 448 g/mol. The fourth-order valence-electron chi connectivity index (χ4n) is 4.98.